The third-order valence-corrected chi connectivity index (χ3v) is 2.08. The van der Waals surface area contributed by atoms with Gasteiger partial charge in [-0.1, -0.05) is 26.0 Å². The van der Waals surface area contributed by atoms with Crippen LogP contribution in [0, 0.1) is 0 Å². The van der Waals surface area contributed by atoms with Crippen LogP contribution in [0.3, 0.4) is 0 Å². The molecule has 17 heavy (non-hydrogen) atoms. The van der Waals surface area contributed by atoms with Crippen molar-refractivity contribution in [2.75, 3.05) is 0 Å². The minimum Gasteiger partial charge on any atom is -0.435 e. The fourth-order valence-corrected chi connectivity index (χ4v) is 1.39. The van der Waals surface area contributed by atoms with Crippen LogP contribution in [0.5, 0.6) is 0 Å². The molecule has 4 nitrogen and oxygen atoms in total. The maximum atomic E-state index is 5.54. The second-order valence-corrected chi connectivity index (χ2v) is 3.08. The number of fused-ring (bicyclic) bond motifs is 1. The fourth-order valence-electron chi connectivity index (χ4n) is 1.39. The highest BCUT2D eigenvalue weighted by atomic mass is 16.3. The van der Waals surface area contributed by atoms with Crippen LogP contribution in [-0.2, 0) is 0 Å². The van der Waals surface area contributed by atoms with Crippen LogP contribution in [0.1, 0.15) is 13.8 Å². The topological polar surface area (TPSA) is 51.8 Å². The third-order valence-electron chi connectivity index (χ3n) is 2.08. The Labute approximate surface area is 99.4 Å². The molecule has 0 aliphatic rings. The second kappa shape index (κ2) is 5.21. The fraction of sp³-hybridized carbons (Fsp3) is 0.154. The van der Waals surface area contributed by atoms with Crippen molar-refractivity contribution in [1.82, 2.24) is 15.0 Å². The minimum absolute atomic E-state index is 0.504. The maximum Gasteiger partial charge on any atom is 0.247 e. The zero-order chi connectivity index (χ0) is 12.1. The molecule has 0 atom stereocenters. The van der Waals surface area contributed by atoms with Crippen LogP contribution in [0.2, 0.25) is 0 Å². The van der Waals surface area contributed by atoms with Gasteiger partial charge in [-0.3, -0.25) is 4.98 Å². The number of rotatable bonds is 1. The molecule has 0 saturated carbocycles. The summed E-state index contributed by atoms with van der Waals surface area (Å²) in [5, 5.41) is 0. The SMILES string of the molecule is CC.c1ccc2oc(-c3cnccn3)nc2c1. The summed E-state index contributed by atoms with van der Waals surface area (Å²) >= 11 is 0. The van der Waals surface area contributed by atoms with Crippen molar-refractivity contribution in [2.24, 2.45) is 0 Å². The highest BCUT2D eigenvalue weighted by Gasteiger charge is 2.07. The summed E-state index contributed by atoms with van der Waals surface area (Å²) in [5.41, 5.74) is 2.24. The molecule has 86 valence electrons. The van der Waals surface area contributed by atoms with Crippen LogP contribution in [0.25, 0.3) is 22.7 Å². The van der Waals surface area contributed by atoms with Gasteiger partial charge in [0.2, 0.25) is 5.89 Å². The molecule has 0 radical (unpaired) electrons. The Morgan fingerprint density at radius 2 is 1.88 bits per heavy atom. The van der Waals surface area contributed by atoms with Crippen LogP contribution < -0.4 is 0 Å². The molecular weight excluding hydrogens is 214 g/mol. The van der Waals surface area contributed by atoms with E-state index in [0.29, 0.717) is 11.6 Å². The van der Waals surface area contributed by atoms with Gasteiger partial charge in [0.05, 0.1) is 6.20 Å². The Bertz CT molecular complexity index is 557. The van der Waals surface area contributed by atoms with Gasteiger partial charge in [-0.25, -0.2) is 9.97 Å². The number of benzene rings is 1. The van der Waals surface area contributed by atoms with Gasteiger partial charge >= 0.3 is 0 Å². The van der Waals surface area contributed by atoms with Gasteiger partial charge in [-0.2, -0.15) is 0 Å². The lowest BCUT2D eigenvalue weighted by molar-refractivity contribution is 0.616. The van der Waals surface area contributed by atoms with E-state index in [0.717, 1.165) is 11.1 Å². The van der Waals surface area contributed by atoms with Crippen molar-refractivity contribution in [3.63, 3.8) is 0 Å². The first kappa shape index (κ1) is 11.3. The number of hydrogen-bond donors (Lipinski definition) is 0. The molecule has 0 spiro atoms. The molecule has 3 rings (SSSR count). The lowest BCUT2D eigenvalue weighted by Gasteiger charge is -1.89. The van der Waals surface area contributed by atoms with E-state index in [1.165, 1.54) is 0 Å². The molecule has 0 aliphatic carbocycles. The van der Waals surface area contributed by atoms with Crippen LogP contribution in [-0.4, -0.2) is 15.0 Å². The Morgan fingerprint density at radius 1 is 1.06 bits per heavy atom. The predicted octanol–water partition coefficient (Wildman–Crippen LogP) is 3.31. The lowest BCUT2D eigenvalue weighted by atomic mass is 10.3. The zero-order valence-corrected chi connectivity index (χ0v) is 9.79. The van der Waals surface area contributed by atoms with Crippen molar-refractivity contribution in [2.45, 2.75) is 13.8 Å². The van der Waals surface area contributed by atoms with Crippen molar-refractivity contribution >= 4 is 11.1 Å². The van der Waals surface area contributed by atoms with E-state index in [-0.39, 0.29) is 0 Å². The van der Waals surface area contributed by atoms with Crippen molar-refractivity contribution < 1.29 is 4.42 Å². The van der Waals surface area contributed by atoms with Gasteiger partial charge in [0, 0.05) is 12.4 Å². The molecule has 0 amide bonds. The number of aromatic nitrogens is 3. The Balaban J connectivity index is 0.000000514. The molecule has 0 N–H and O–H groups in total. The third kappa shape index (κ3) is 2.30. The summed E-state index contributed by atoms with van der Waals surface area (Å²) < 4.78 is 5.54. The van der Waals surface area contributed by atoms with E-state index in [4.69, 9.17) is 4.42 Å². The molecule has 0 bridgehead atoms. The predicted molar refractivity (Wildman–Crippen MR) is 66.4 cm³/mol. The average Bonchev–Trinajstić information content (AvgIpc) is 2.86. The number of nitrogens with zero attached hydrogens (tertiary/aromatic N) is 3. The van der Waals surface area contributed by atoms with Gasteiger partial charge in [0.1, 0.15) is 11.2 Å². The molecule has 0 saturated heterocycles. The van der Waals surface area contributed by atoms with E-state index in [2.05, 4.69) is 15.0 Å². The molecule has 0 aliphatic heterocycles. The molecule has 2 aromatic heterocycles. The van der Waals surface area contributed by atoms with Gasteiger partial charge in [0.25, 0.3) is 0 Å². The summed E-state index contributed by atoms with van der Waals surface area (Å²) in [4.78, 5) is 12.4. The van der Waals surface area contributed by atoms with E-state index in [9.17, 15) is 0 Å². The zero-order valence-electron chi connectivity index (χ0n) is 9.79. The first-order chi connectivity index (χ1) is 8.43. The smallest absolute Gasteiger partial charge is 0.247 e. The number of para-hydroxylation sites is 2. The van der Waals surface area contributed by atoms with Crippen molar-refractivity contribution in [3.8, 4) is 11.6 Å². The van der Waals surface area contributed by atoms with Crippen molar-refractivity contribution in [1.29, 1.82) is 0 Å². The van der Waals surface area contributed by atoms with Crippen molar-refractivity contribution in [3.05, 3.63) is 42.9 Å². The maximum absolute atomic E-state index is 5.54. The van der Waals surface area contributed by atoms with Crippen LogP contribution >= 0.6 is 0 Å². The van der Waals surface area contributed by atoms with E-state index < -0.39 is 0 Å². The Hall–Kier alpha value is -2.23. The number of hydrogen-bond acceptors (Lipinski definition) is 4. The van der Waals surface area contributed by atoms with Crippen LogP contribution in [0.4, 0.5) is 0 Å². The minimum atomic E-state index is 0.504. The normalized spacial score (nSPS) is 9.76. The largest absolute Gasteiger partial charge is 0.435 e. The summed E-state index contributed by atoms with van der Waals surface area (Å²) in [5.74, 6) is 0.504. The first-order valence-corrected chi connectivity index (χ1v) is 5.55. The standard InChI is InChI=1S/C11H7N3O.C2H6/c1-2-4-10-8(3-1)14-11(15-10)9-7-12-5-6-13-9;1-2/h1-7H;1-2H3. The highest BCUT2D eigenvalue weighted by Crippen LogP contribution is 2.21. The summed E-state index contributed by atoms with van der Waals surface area (Å²) in [6.07, 6.45) is 4.86. The lowest BCUT2D eigenvalue weighted by Crippen LogP contribution is -1.82. The summed E-state index contributed by atoms with van der Waals surface area (Å²) in [6, 6.07) is 7.61. The molecule has 4 heteroatoms. The molecule has 0 unspecified atom stereocenters. The van der Waals surface area contributed by atoms with E-state index >= 15 is 0 Å². The first-order valence-electron chi connectivity index (χ1n) is 5.55. The summed E-state index contributed by atoms with van der Waals surface area (Å²) in [7, 11) is 0. The van der Waals surface area contributed by atoms with Crippen LogP contribution in [0.15, 0.2) is 47.3 Å². The van der Waals surface area contributed by atoms with Gasteiger partial charge in [-0.05, 0) is 12.1 Å². The molecule has 3 aromatic rings. The number of oxazole rings is 1. The summed E-state index contributed by atoms with van der Waals surface area (Å²) in [6.45, 7) is 4.00. The highest BCUT2D eigenvalue weighted by molar-refractivity contribution is 5.75. The van der Waals surface area contributed by atoms with Gasteiger partial charge in [0.15, 0.2) is 5.58 Å². The molecule has 2 heterocycles. The average molecular weight is 227 g/mol. The Morgan fingerprint density at radius 3 is 2.59 bits per heavy atom. The van der Waals surface area contributed by atoms with Gasteiger partial charge in [-0.15, -0.1) is 0 Å². The van der Waals surface area contributed by atoms with E-state index in [1.54, 1.807) is 18.6 Å². The molecular formula is C13H13N3O. The van der Waals surface area contributed by atoms with E-state index in [1.807, 2.05) is 38.1 Å². The molecule has 1 aromatic carbocycles. The monoisotopic (exact) mass is 227 g/mol. The quantitative estimate of drug-likeness (QED) is 0.640. The van der Waals surface area contributed by atoms with Gasteiger partial charge < -0.3 is 4.42 Å². The second-order valence-electron chi connectivity index (χ2n) is 3.08. The molecule has 0 fully saturated rings. The Kier molecular flexibility index (Phi) is 3.45.